The molecule has 2 N–H and O–H groups in total. The van der Waals surface area contributed by atoms with Crippen molar-refractivity contribution in [2.75, 3.05) is 26.0 Å². The number of nitrogens with one attached hydrogen (secondary N) is 2. The van der Waals surface area contributed by atoms with E-state index in [1.165, 1.54) is 4.90 Å². The molecule has 0 bridgehead atoms. The molecular weight excluding hydrogens is 452 g/mol. The molecule has 1 aliphatic heterocycles. The van der Waals surface area contributed by atoms with E-state index in [-0.39, 0.29) is 5.91 Å². The first kappa shape index (κ1) is 21.5. The molecule has 1 fully saturated rings. The number of carbonyl (C=O) groups is 4. The number of nitrogens with zero attached hydrogens (tertiary/aromatic N) is 2. The number of hydrogen-bond acceptors (Lipinski definition) is 4. The van der Waals surface area contributed by atoms with Gasteiger partial charge in [-0.05, 0) is 37.3 Å². The van der Waals surface area contributed by atoms with Crippen molar-refractivity contribution in [1.29, 1.82) is 0 Å². The van der Waals surface area contributed by atoms with Crippen LogP contribution in [0.3, 0.4) is 0 Å². The van der Waals surface area contributed by atoms with Crippen LogP contribution in [0.15, 0.2) is 53.0 Å². The predicted molar refractivity (Wildman–Crippen MR) is 115 cm³/mol. The first-order valence-corrected chi connectivity index (χ1v) is 9.93. The Morgan fingerprint density at radius 3 is 2.33 bits per heavy atom. The Kier molecular flexibility index (Phi) is 5.93. The fraction of sp³-hybridized carbons (Fsp3) is 0.238. The van der Waals surface area contributed by atoms with Gasteiger partial charge in [0.2, 0.25) is 5.91 Å². The number of amides is 5. The van der Waals surface area contributed by atoms with Gasteiger partial charge in [-0.1, -0.05) is 34.1 Å². The van der Waals surface area contributed by atoms with Crippen LogP contribution >= 0.6 is 15.9 Å². The van der Waals surface area contributed by atoms with Gasteiger partial charge in [0.15, 0.2) is 0 Å². The molecule has 5 amide bonds. The Morgan fingerprint density at radius 2 is 1.73 bits per heavy atom. The highest BCUT2D eigenvalue weighted by Gasteiger charge is 2.50. The van der Waals surface area contributed by atoms with Gasteiger partial charge in [0.05, 0.1) is 0 Å². The van der Waals surface area contributed by atoms with Crippen molar-refractivity contribution >= 4 is 45.4 Å². The maximum atomic E-state index is 13.0. The largest absolute Gasteiger partial charge is 0.345 e. The fourth-order valence-corrected chi connectivity index (χ4v) is 3.87. The van der Waals surface area contributed by atoms with Gasteiger partial charge < -0.3 is 15.5 Å². The summed E-state index contributed by atoms with van der Waals surface area (Å²) in [5.74, 6) is -1.19. The minimum absolute atomic E-state index is 0.154. The summed E-state index contributed by atoms with van der Waals surface area (Å²) in [6.07, 6.45) is 0. The van der Waals surface area contributed by atoms with E-state index in [9.17, 15) is 19.2 Å². The molecule has 1 saturated heterocycles. The normalized spacial score (nSPS) is 18.2. The van der Waals surface area contributed by atoms with Crippen LogP contribution in [0.4, 0.5) is 10.5 Å². The van der Waals surface area contributed by atoms with Crippen LogP contribution in [0.25, 0.3) is 0 Å². The predicted octanol–water partition coefficient (Wildman–Crippen LogP) is 2.56. The van der Waals surface area contributed by atoms with E-state index in [0.29, 0.717) is 21.3 Å². The standard InChI is InChI=1S/C21H21BrN4O4/c1-21(15-6-4-5-7-16(15)22)19(29)26(20(30)24-21)12-17(27)23-14-10-8-13(9-11-14)18(28)25(2)3/h4-11H,12H2,1-3H3,(H,23,27)(H,24,30)/t21-/m1/s1. The lowest BCUT2D eigenvalue weighted by Crippen LogP contribution is -2.42. The van der Waals surface area contributed by atoms with Gasteiger partial charge in [0, 0.05) is 35.4 Å². The lowest BCUT2D eigenvalue weighted by atomic mass is 9.92. The number of benzene rings is 2. The Hall–Kier alpha value is -3.20. The Labute approximate surface area is 182 Å². The van der Waals surface area contributed by atoms with E-state index in [1.807, 2.05) is 0 Å². The van der Waals surface area contributed by atoms with Crippen LogP contribution in [0.5, 0.6) is 0 Å². The third kappa shape index (κ3) is 4.06. The Bertz CT molecular complexity index is 1020. The van der Waals surface area contributed by atoms with Gasteiger partial charge in [0.25, 0.3) is 11.8 Å². The van der Waals surface area contributed by atoms with Crippen LogP contribution in [0, 0.1) is 0 Å². The molecule has 0 saturated carbocycles. The van der Waals surface area contributed by atoms with Gasteiger partial charge in [-0.15, -0.1) is 0 Å². The summed E-state index contributed by atoms with van der Waals surface area (Å²) >= 11 is 3.40. The number of rotatable bonds is 5. The Morgan fingerprint density at radius 1 is 1.10 bits per heavy atom. The first-order valence-electron chi connectivity index (χ1n) is 9.14. The van der Waals surface area contributed by atoms with Crippen molar-refractivity contribution in [3.05, 3.63) is 64.1 Å². The second-order valence-corrected chi connectivity index (χ2v) is 8.11. The fourth-order valence-electron chi connectivity index (χ4n) is 3.19. The highest BCUT2D eigenvalue weighted by molar-refractivity contribution is 9.10. The summed E-state index contributed by atoms with van der Waals surface area (Å²) in [6.45, 7) is 1.18. The average molecular weight is 473 g/mol. The number of urea groups is 1. The maximum Gasteiger partial charge on any atom is 0.325 e. The molecule has 8 nitrogen and oxygen atoms in total. The quantitative estimate of drug-likeness (QED) is 0.653. The third-order valence-corrected chi connectivity index (χ3v) is 5.50. The van der Waals surface area contributed by atoms with Crippen LogP contribution in [-0.4, -0.2) is 54.2 Å². The number of imide groups is 1. The molecule has 9 heteroatoms. The average Bonchev–Trinajstić information content (AvgIpc) is 2.92. The summed E-state index contributed by atoms with van der Waals surface area (Å²) in [4.78, 5) is 52.1. The van der Waals surface area contributed by atoms with Gasteiger partial charge in [0.1, 0.15) is 12.1 Å². The molecule has 1 aliphatic rings. The van der Waals surface area contributed by atoms with Gasteiger partial charge in [-0.3, -0.25) is 19.3 Å². The lowest BCUT2D eigenvalue weighted by molar-refractivity contribution is -0.133. The number of anilines is 1. The molecule has 2 aromatic carbocycles. The van der Waals surface area contributed by atoms with E-state index in [1.54, 1.807) is 69.6 Å². The van der Waals surface area contributed by atoms with Gasteiger partial charge in [-0.25, -0.2) is 4.79 Å². The van der Waals surface area contributed by atoms with Crippen LogP contribution in [-0.2, 0) is 15.1 Å². The number of carbonyl (C=O) groups excluding carboxylic acids is 4. The van der Waals surface area contributed by atoms with E-state index < -0.39 is 29.9 Å². The Balaban J connectivity index is 1.70. The molecule has 0 radical (unpaired) electrons. The summed E-state index contributed by atoms with van der Waals surface area (Å²) in [7, 11) is 3.30. The molecule has 2 aromatic rings. The molecule has 156 valence electrons. The third-order valence-electron chi connectivity index (χ3n) is 4.81. The van der Waals surface area contributed by atoms with E-state index in [4.69, 9.17) is 0 Å². The summed E-state index contributed by atoms with van der Waals surface area (Å²) in [5, 5.41) is 5.31. The molecule has 0 unspecified atom stereocenters. The van der Waals surface area contributed by atoms with E-state index in [0.717, 1.165) is 4.90 Å². The zero-order chi connectivity index (χ0) is 22.1. The highest BCUT2D eigenvalue weighted by atomic mass is 79.9. The minimum atomic E-state index is -1.27. The van der Waals surface area contributed by atoms with Crippen LogP contribution < -0.4 is 10.6 Å². The lowest BCUT2D eigenvalue weighted by Gasteiger charge is -2.23. The van der Waals surface area contributed by atoms with Crippen molar-refractivity contribution in [2.24, 2.45) is 0 Å². The van der Waals surface area contributed by atoms with Crippen molar-refractivity contribution in [3.8, 4) is 0 Å². The second-order valence-electron chi connectivity index (χ2n) is 7.25. The van der Waals surface area contributed by atoms with E-state index >= 15 is 0 Å². The van der Waals surface area contributed by atoms with Gasteiger partial charge >= 0.3 is 6.03 Å². The second kappa shape index (κ2) is 8.27. The molecule has 1 atom stereocenters. The van der Waals surface area contributed by atoms with E-state index in [2.05, 4.69) is 26.6 Å². The summed E-state index contributed by atoms with van der Waals surface area (Å²) in [5.41, 5.74) is 0.269. The SMILES string of the molecule is CN(C)C(=O)c1ccc(NC(=O)CN2C(=O)N[C@](C)(c3ccccc3Br)C2=O)cc1. The van der Waals surface area contributed by atoms with Crippen molar-refractivity contribution < 1.29 is 19.2 Å². The topological polar surface area (TPSA) is 98.8 Å². The van der Waals surface area contributed by atoms with Crippen molar-refractivity contribution in [2.45, 2.75) is 12.5 Å². The zero-order valence-electron chi connectivity index (χ0n) is 16.7. The maximum absolute atomic E-state index is 13.0. The van der Waals surface area contributed by atoms with Gasteiger partial charge in [-0.2, -0.15) is 0 Å². The minimum Gasteiger partial charge on any atom is -0.345 e. The zero-order valence-corrected chi connectivity index (χ0v) is 18.3. The monoisotopic (exact) mass is 472 g/mol. The highest BCUT2D eigenvalue weighted by Crippen LogP contribution is 2.33. The smallest absolute Gasteiger partial charge is 0.325 e. The number of hydrogen-bond donors (Lipinski definition) is 2. The summed E-state index contributed by atoms with van der Waals surface area (Å²) < 4.78 is 0.680. The molecule has 30 heavy (non-hydrogen) atoms. The molecule has 3 rings (SSSR count). The molecule has 0 aromatic heterocycles. The molecule has 1 heterocycles. The molecule has 0 aliphatic carbocycles. The summed E-state index contributed by atoms with van der Waals surface area (Å²) in [6, 6.07) is 12.8. The first-order chi connectivity index (χ1) is 14.1. The van der Waals surface area contributed by atoms with Crippen LogP contribution in [0.2, 0.25) is 0 Å². The van der Waals surface area contributed by atoms with Crippen molar-refractivity contribution in [1.82, 2.24) is 15.1 Å². The molecular formula is C21H21BrN4O4. The van der Waals surface area contributed by atoms with Crippen LogP contribution in [0.1, 0.15) is 22.8 Å². The van der Waals surface area contributed by atoms with Crippen molar-refractivity contribution in [3.63, 3.8) is 0 Å². The number of halogens is 1. The molecule has 0 spiro atoms.